The van der Waals surface area contributed by atoms with Crippen LogP contribution in [0.1, 0.15) is 45.2 Å². The molecule has 0 unspecified atom stereocenters. The van der Waals surface area contributed by atoms with Crippen LogP contribution in [-0.2, 0) is 0 Å². The summed E-state index contributed by atoms with van der Waals surface area (Å²) in [6, 6.07) is 4.60. The molecular formula is C14H19N3. The molecule has 0 aliphatic rings. The Kier molecular flexibility index (Phi) is 3.27. The van der Waals surface area contributed by atoms with Crippen LogP contribution < -0.4 is 0 Å². The van der Waals surface area contributed by atoms with Gasteiger partial charge in [-0.3, -0.25) is 4.98 Å². The first-order valence-electron chi connectivity index (χ1n) is 6.08. The highest BCUT2D eigenvalue weighted by atomic mass is 15.1. The molecule has 90 valence electrons. The van der Waals surface area contributed by atoms with Crippen LogP contribution >= 0.6 is 0 Å². The Bertz CT molecular complexity index is 498. The minimum absolute atomic E-state index is 0.400. The molecule has 2 aromatic rings. The number of rotatable bonds is 3. The first-order chi connectivity index (χ1) is 8.09. The van der Waals surface area contributed by atoms with Gasteiger partial charge >= 0.3 is 0 Å². The minimum atomic E-state index is 0.400. The van der Waals surface area contributed by atoms with Crippen molar-refractivity contribution < 1.29 is 0 Å². The molecule has 0 N–H and O–H groups in total. The van der Waals surface area contributed by atoms with Crippen LogP contribution in [-0.4, -0.2) is 14.5 Å². The van der Waals surface area contributed by atoms with Crippen molar-refractivity contribution >= 4 is 0 Å². The van der Waals surface area contributed by atoms with Gasteiger partial charge in [0.25, 0.3) is 0 Å². The zero-order valence-corrected chi connectivity index (χ0v) is 10.9. The Morgan fingerprint density at radius 2 is 1.82 bits per heavy atom. The summed E-state index contributed by atoms with van der Waals surface area (Å²) in [5.74, 6) is 1.46. The van der Waals surface area contributed by atoms with Crippen molar-refractivity contribution in [1.29, 1.82) is 0 Å². The highest BCUT2D eigenvalue weighted by Crippen LogP contribution is 2.22. The van der Waals surface area contributed by atoms with E-state index in [2.05, 4.69) is 54.4 Å². The van der Waals surface area contributed by atoms with Crippen LogP contribution in [0.2, 0.25) is 0 Å². The average Bonchev–Trinajstić information content (AvgIpc) is 2.78. The first-order valence-corrected chi connectivity index (χ1v) is 6.08. The fourth-order valence-electron chi connectivity index (χ4n) is 1.86. The monoisotopic (exact) mass is 229 g/mol. The van der Waals surface area contributed by atoms with Gasteiger partial charge in [0, 0.05) is 24.6 Å². The number of pyridine rings is 1. The topological polar surface area (TPSA) is 30.7 Å². The third kappa shape index (κ3) is 2.38. The molecule has 0 saturated heterocycles. The predicted octanol–water partition coefficient (Wildman–Crippen LogP) is 3.65. The van der Waals surface area contributed by atoms with E-state index >= 15 is 0 Å². The van der Waals surface area contributed by atoms with E-state index in [0.29, 0.717) is 12.0 Å². The SMILES string of the molecule is CC(C)c1ccnc(-c2nccn2C(C)C)c1. The Labute approximate surface area is 103 Å². The maximum atomic E-state index is 4.42. The van der Waals surface area contributed by atoms with E-state index in [1.54, 1.807) is 0 Å². The summed E-state index contributed by atoms with van der Waals surface area (Å²) >= 11 is 0. The molecule has 0 amide bonds. The molecular weight excluding hydrogens is 210 g/mol. The molecule has 0 bridgehead atoms. The number of hydrogen-bond acceptors (Lipinski definition) is 2. The van der Waals surface area contributed by atoms with Gasteiger partial charge < -0.3 is 4.57 Å². The summed E-state index contributed by atoms with van der Waals surface area (Å²) in [5, 5.41) is 0. The summed E-state index contributed by atoms with van der Waals surface area (Å²) in [7, 11) is 0. The van der Waals surface area contributed by atoms with Gasteiger partial charge in [-0.05, 0) is 37.5 Å². The van der Waals surface area contributed by atoms with Gasteiger partial charge in [0.05, 0.1) is 0 Å². The number of imidazole rings is 1. The highest BCUT2D eigenvalue weighted by molar-refractivity contribution is 5.51. The molecule has 2 heterocycles. The molecule has 17 heavy (non-hydrogen) atoms. The van der Waals surface area contributed by atoms with Gasteiger partial charge in [-0.15, -0.1) is 0 Å². The third-order valence-electron chi connectivity index (χ3n) is 2.90. The second-order valence-corrected chi connectivity index (χ2v) is 4.88. The molecule has 0 fully saturated rings. The second kappa shape index (κ2) is 4.70. The molecule has 0 aromatic carbocycles. The van der Waals surface area contributed by atoms with Crippen molar-refractivity contribution in [2.45, 2.75) is 39.7 Å². The molecule has 2 aromatic heterocycles. The van der Waals surface area contributed by atoms with Crippen molar-refractivity contribution in [3.63, 3.8) is 0 Å². The Balaban J connectivity index is 2.46. The lowest BCUT2D eigenvalue weighted by molar-refractivity contribution is 0.605. The molecule has 3 nitrogen and oxygen atoms in total. The molecule has 0 aliphatic carbocycles. The zero-order valence-electron chi connectivity index (χ0n) is 10.9. The van der Waals surface area contributed by atoms with Crippen molar-refractivity contribution in [3.05, 3.63) is 36.3 Å². The van der Waals surface area contributed by atoms with E-state index < -0.39 is 0 Å². The minimum Gasteiger partial charge on any atom is -0.327 e. The molecule has 3 heteroatoms. The predicted molar refractivity (Wildman–Crippen MR) is 69.9 cm³/mol. The van der Waals surface area contributed by atoms with E-state index in [-0.39, 0.29) is 0 Å². The van der Waals surface area contributed by atoms with E-state index in [4.69, 9.17) is 0 Å². The largest absolute Gasteiger partial charge is 0.327 e. The smallest absolute Gasteiger partial charge is 0.158 e. The Hall–Kier alpha value is -1.64. The maximum absolute atomic E-state index is 4.42. The first kappa shape index (κ1) is 11.8. The lowest BCUT2D eigenvalue weighted by Crippen LogP contribution is -2.03. The second-order valence-electron chi connectivity index (χ2n) is 4.88. The van der Waals surface area contributed by atoms with Gasteiger partial charge in [0.15, 0.2) is 5.82 Å². The third-order valence-corrected chi connectivity index (χ3v) is 2.90. The van der Waals surface area contributed by atoms with E-state index in [9.17, 15) is 0 Å². The quantitative estimate of drug-likeness (QED) is 0.804. The lowest BCUT2D eigenvalue weighted by Gasteiger charge is -2.12. The van der Waals surface area contributed by atoms with Crippen LogP contribution in [0.15, 0.2) is 30.7 Å². The van der Waals surface area contributed by atoms with Crippen LogP contribution in [0.4, 0.5) is 0 Å². The van der Waals surface area contributed by atoms with E-state index in [1.807, 2.05) is 18.6 Å². The van der Waals surface area contributed by atoms with Crippen LogP contribution in [0.5, 0.6) is 0 Å². The highest BCUT2D eigenvalue weighted by Gasteiger charge is 2.10. The van der Waals surface area contributed by atoms with Crippen LogP contribution in [0.3, 0.4) is 0 Å². The fraction of sp³-hybridized carbons (Fsp3) is 0.429. The Morgan fingerprint density at radius 1 is 1.06 bits per heavy atom. The summed E-state index contributed by atoms with van der Waals surface area (Å²) in [5.41, 5.74) is 2.25. The number of nitrogens with zero attached hydrogens (tertiary/aromatic N) is 3. The molecule has 0 atom stereocenters. The Morgan fingerprint density at radius 3 is 2.47 bits per heavy atom. The zero-order chi connectivity index (χ0) is 12.4. The number of hydrogen-bond donors (Lipinski definition) is 0. The van der Waals surface area contributed by atoms with Crippen LogP contribution in [0.25, 0.3) is 11.5 Å². The van der Waals surface area contributed by atoms with Crippen molar-refractivity contribution in [3.8, 4) is 11.5 Å². The molecule has 0 radical (unpaired) electrons. The number of aromatic nitrogens is 3. The molecule has 0 aliphatic heterocycles. The standard InChI is InChI=1S/C14H19N3/c1-10(2)12-5-6-15-13(9-12)14-16-7-8-17(14)11(3)4/h5-11H,1-4H3. The maximum Gasteiger partial charge on any atom is 0.158 e. The van der Waals surface area contributed by atoms with E-state index in [1.165, 1.54) is 5.56 Å². The van der Waals surface area contributed by atoms with Gasteiger partial charge in [0.2, 0.25) is 0 Å². The summed E-state index contributed by atoms with van der Waals surface area (Å²) in [6.45, 7) is 8.68. The van der Waals surface area contributed by atoms with Crippen molar-refractivity contribution in [2.75, 3.05) is 0 Å². The fourth-order valence-corrected chi connectivity index (χ4v) is 1.86. The molecule has 0 saturated carbocycles. The van der Waals surface area contributed by atoms with Crippen LogP contribution in [0, 0.1) is 0 Å². The van der Waals surface area contributed by atoms with Crippen molar-refractivity contribution in [1.82, 2.24) is 14.5 Å². The lowest BCUT2D eigenvalue weighted by atomic mass is 10.0. The molecule has 2 rings (SSSR count). The summed E-state index contributed by atoms with van der Waals surface area (Å²) < 4.78 is 2.15. The van der Waals surface area contributed by atoms with Crippen molar-refractivity contribution in [2.24, 2.45) is 0 Å². The molecule has 0 spiro atoms. The van der Waals surface area contributed by atoms with Gasteiger partial charge in [0.1, 0.15) is 5.69 Å². The average molecular weight is 229 g/mol. The van der Waals surface area contributed by atoms with Gasteiger partial charge in [-0.1, -0.05) is 13.8 Å². The van der Waals surface area contributed by atoms with Gasteiger partial charge in [-0.25, -0.2) is 4.98 Å². The summed E-state index contributed by atoms with van der Waals surface area (Å²) in [6.07, 6.45) is 5.70. The normalized spacial score (nSPS) is 11.4. The summed E-state index contributed by atoms with van der Waals surface area (Å²) in [4.78, 5) is 8.83. The van der Waals surface area contributed by atoms with Gasteiger partial charge in [-0.2, -0.15) is 0 Å². The van der Waals surface area contributed by atoms with E-state index in [0.717, 1.165) is 11.5 Å².